The second-order valence-corrected chi connectivity index (χ2v) is 7.98. The zero-order chi connectivity index (χ0) is 16.5. The largest absolute Gasteiger partial charge is 0.244 e. The van der Waals surface area contributed by atoms with Crippen molar-refractivity contribution in [1.29, 1.82) is 0 Å². The molecule has 3 rings (SSSR count). The van der Waals surface area contributed by atoms with Crippen LogP contribution >= 0.6 is 11.6 Å². The first-order chi connectivity index (χ1) is 10.9. The number of alkyl halides is 1. The third kappa shape index (κ3) is 3.13. The van der Waals surface area contributed by atoms with Gasteiger partial charge < -0.3 is 0 Å². The van der Waals surface area contributed by atoms with Gasteiger partial charge in [-0.15, -0.1) is 0 Å². The van der Waals surface area contributed by atoms with E-state index < -0.39 is 15.7 Å². The van der Waals surface area contributed by atoms with Crippen LogP contribution in [0.5, 0.6) is 0 Å². The highest BCUT2D eigenvalue weighted by Crippen LogP contribution is 2.38. The van der Waals surface area contributed by atoms with Crippen molar-refractivity contribution in [2.75, 3.05) is 13.1 Å². The van der Waals surface area contributed by atoms with Gasteiger partial charge in [0.1, 0.15) is 10.6 Å². The third-order valence-corrected chi connectivity index (χ3v) is 6.66. The topological polar surface area (TPSA) is 37.4 Å². The Bertz CT molecular complexity index is 787. The molecular weight excluding hydrogens is 337 g/mol. The van der Waals surface area contributed by atoms with E-state index in [0.717, 1.165) is 0 Å². The Morgan fingerprint density at radius 2 is 1.52 bits per heavy atom. The van der Waals surface area contributed by atoms with Crippen molar-refractivity contribution in [3.05, 3.63) is 65.2 Å². The van der Waals surface area contributed by atoms with Crippen LogP contribution in [0.15, 0.2) is 59.5 Å². The summed E-state index contributed by atoms with van der Waals surface area (Å²) in [6, 6.07) is 15.3. The molecule has 2 aromatic carbocycles. The minimum Gasteiger partial charge on any atom is -0.239 e. The van der Waals surface area contributed by atoms with Crippen LogP contribution < -0.4 is 0 Å². The number of nitrogens with zero attached hydrogens (tertiary/aromatic N) is 1. The normalized spacial score (nSPS) is 18.7. The molecule has 0 aromatic heterocycles. The van der Waals surface area contributed by atoms with Crippen LogP contribution in [0.2, 0.25) is 5.02 Å². The van der Waals surface area contributed by atoms with Gasteiger partial charge in [-0.3, -0.25) is 0 Å². The predicted molar refractivity (Wildman–Crippen MR) is 88.7 cm³/mol. The first kappa shape index (κ1) is 16.4. The molecule has 0 amide bonds. The molecule has 0 N–H and O–H groups in total. The van der Waals surface area contributed by atoms with Crippen LogP contribution in [0.3, 0.4) is 0 Å². The molecule has 0 atom stereocenters. The maximum atomic E-state index is 15.1. The van der Waals surface area contributed by atoms with Crippen molar-refractivity contribution < 1.29 is 12.8 Å². The summed E-state index contributed by atoms with van der Waals surface area (Å²) in [5.74, 6) is 0. The summed E-state index contributed by atoms with van der Waals surface area (Å²) < 4.78 is 41.8. The number of benzene rings is 2. The van der Waals surface area contributed by atoms with E-state index in [-0.39, 0.29) is 35.8 Å². The van der Waals surface area contributed by atoms with E-state index in [0.29, 0.717) is 5.56 Å². The van der Waals surface area contributed by atoms with Gasteiger partial charge in [-0.2, -0.15) is 4.31 Å². The number of hydrogen-bond acceptors (Lipinski definition) is 2. The van der Waals surface area contributed by atoms with Crippen LogP contribution in [0.25, 0.3) is 0 Å². The lowest BCUT2D eigenvalue weighted by molar-refractivity contribution is 0.0870. The quantitative estimate of drug-likeness (QED) is 0.836. The van der Waals surface area contributed by atoms with Crippen molar-refractivity contribution >= 4 is 21.6 Å². The molecule has 1 aliphatic rings. The van der Waals surface area contributed by atoms with Gasteiger partial charge in [0.15, 0.2) is 0 Å². The van der Waals surface area contributed by atoms with Gasteiger partial charge in [0.25, 0.3) is 0 Å². The Hall–Kier alpha value is -1.43. The minimum atomic E-state index is -3.69. The van der Waals surface area contributed by atoms with E-state index in [2.05, 4.69) is 0 Å². The van der Waals surface area contributed by atoms with E-state index in [1.54, 1.807) is 42.5 Å². The Balaban J connectivity index is 1.81. The van der Waals surface area contributed by atoms with E-state index in [1.165, 1.54) is 10.4 Å². The van der Waals surface area contributed by atoms with Crippen molar-refractivity contribution in [2.45, 2.75) is 23.4 Å². The second kappa shape index (κ2) is 6.23. The van der Waals surface area contributed by atoms with Crippen LogP contribution in [0.1, 0.15) is 18.4 Å². The molecule has 0 aliphatic carbocycles. The molecule has 122 valence electrons. The van der Waals surface area contributed by atoms with E-state index in [4.69, 9.17) is 11.6 Å². The molecule has 1 heterocycles. The number of rotatable bonds is 3. The first-order valence-electron chi connectivity index (χ1n) is 7.43. The average molecular weight is 354 g/mol. The van der Waals surface area contributed by atoms with E-state index >= 15 is 4.39 Å². The third-order valence-electron chi connectivity index (χ3n) is 4.26. The zero-order valence-corrected chi connectivity index (χ0v) is 14.0. The fourth-order valence-corrected chi connectivity index (χ4v) is 4.83. The lowest BCUT2D eigenvalue weighted by Gasteiger charge is -2.36. The Kier molecular flexibility index (Phi) is 4.45. The summed E-state index contributed by atoms with van der Waals surface area (Å²) in [6.45, 7) is 0.276. The van der Waals surface area contributed by atoms with Crippen molar-refractivity contribution in [2.24, 2.45) is 0 Å². The summed E-state index contributed by atoms with van der Waals surface area (Å²) in [7, 11) is -3.69. The number of sulfonamides is 1. The molecule has 1 saturated heterocycles. The van der Waals surface area contributed by atoms with Crippen molar-refractivity contribution in [3.8, 4) is 0 Å². The molecule has 6 heteroatoms. The molecule has 0 radical (unpaired) electrons. The van der Waals surface area contributed by atoms with E-state index in [1.807, 2.05) is 6.07 Å². The molecule has 0 saturated carbocycles. The fourth-order valence-electron chi connectivity index (χ4n) is 2.90. The molecule has 0 spiro atoms. The Labute approximate surface area is 140 Å². The standard InChI is InChI=1S/C17H17ClFNO2S/c18-15-8-4-5-9-16(15)23(21,22)20-12-10-17(19,11-13-20)14-6-2-1-3-7-14/h1-9H,10-13H2. The average Bonchev–Trinajstić information content (AvgIpc) is 2.56. The Morgan fingerprint density at radius 1 is 0.957 bits per heavy atom. The molecular formula is C17H17ClFNO2S. The lowest BCUT2D eigenvalue weighted by Crippen LogP contribution is -2.43. The SMILES string of the molecule is O=S(=O)(c1ccccc1Cl)N1CCC(F)(c2ccccc2)CC1. The van der Waals surface area contributed by atoms with Crippen LogP contribution in [-0.2, 0) is 15.7 Å². The van der Waals surface area contributed by atoms with Gasteiger partial charge in [0, 0.05) is 13.1 Å². The molecule has 1 aliphatic heterocycles. The number of piperidine rings is 1. The van der Waals surface area contributed by atoms with Gasteiger partial charge >= 0.3 is 0 Å². The summed E-state index contributed by atoms with van der Waals surface area (Å²) in [5.41, 5.74) is -0.872. The maximum Gasteiger partial charge on any atom is 0.244 e. The molecule has 23 heavy (non-hydrogen) atoms. The summed E-state index contributed by atoms with van der Waals surface area (Å²) in [4.78, 5) is 0.0766. The molecule has 0 unspecified atom stereocenters. The van der Waals surface area contributed by atoms with Crippen LogP contribution in [0.4, 0.5) is 4.39 Å². The predicted octanol–water partition coefficient (Wildman–Crippen LogP) is 3.99. The van der Waals surface area contributed by atoms with Gasteiger partial charge in [-0.1, -0.05) is 54.1 Å². The highest BCUT2D eigenvalue weighted by atomic mass is 35.5. The molecule has 3 nitrogen and oxygen atoms in total. The Morgan fingerprint density at radius 3 is 2.13 bits per heavy atom. The second-order valence-electron chi connectivity index (χ2n) is 5.67. The smallest absolute Gasteiger partial charge is 0.239 e. The van der Waals surface area contributed by atoms with Crippen molar-refractivity contribution in [1.82, 2.24) is 4.31 Å². The highest BCUT2D eigenvalue weighted by Gasteiger charge is 2.40. The van der Waals surface area contributed by atoms with E-state index in [9.17, 15) is 8.42 Å². The number of hydrogen-bond donors (Lipinski definition) is 0. The molecule has 1 fully saturated rings. The molecule has 0 bridgehead atoms. The highest BCUT2D eigenvalue weighted by molar-refractivity contribution is 7.89. The molecule has 2 aromatic rings. The lowest BCUT2D eigenvalue weighted by atomic mass is 9.87. The zero-order valence-electron chi connectivity index (χ0n) is 12.5. The van der Waals surface area contributed by atoms with Gasteiger partial charge in [-0.25, -0.2) is 12.8 Å². The monoisotopic (exact) mass is 353 g/mol. The van der Waals surface area contributed by atoms with Gasteiger partial charge in [0.05, 0.1) is 5.02 Å². The van der Waals surface area contributed by atoms with Gasteiger partial charge in [-0.05, 0) is 30.5 Å². The summed E-state index contributed by atoms with van der Waals surface area (Å²) in [6.07, 6.45) is 0.279. The van der Waals surface area contributed by atoms with Crippen molar-refractivity contribution in [3.63, 3.8) is 0 Å². The summed E-state index contributed by atoms with van der Waals surface area (Å²) in [5, 5.41) is 0.188. The minimum absolute atomic E-state index is 0.0766. The number of halogens is 2. The summed E-state index contributed by atoms with van der Waals surface area (Å²) >= 11 is 6.00. The maximum absolute atomic E-state index is 15.1. The fraction of sp³-hybridized carbons (Fsp3) is 0.294. The van der Waals surface area contributed by atoms with Gasteiger partial charge in [0.2, 0.25) is 10.0 Å². The van der Waals surface area contributed by atoms with Crippen LogP contribution in [0, 0.1) is 0 Å². The first-order valence-corrected chi connectivity index (χ1v) is 9.24. The van der Waals surface area contributed by atoms with Crippen LogP contribution in [-0.4, -0.2) is 25.8 Å².